The van der Waals surface area contributed by atoms with Crippen molar-refractivity contribution in [2.24, 2.45) is 4.99 Å². The van der Waals surface area contributed by atoms with Crippen molar-refractivity contribution in [1.82, 2.24) is 5.16 Å². The maximum atomic E-state index is 12.2. The van der Waals surface area contributed by atoms with Gasteiger partial charge in [-0.05, 0) is 31.5 Å². The number of fused-ring (bicyclic) bond motifs is 3. The third-order valence-corrected chi connectivity index (χ3v) is 4.96. The Labute approximate surface area is 168 Å². The highest BCUT2D eigenvalue weighted by Gasteiger charge is 2.31. The topological polar surface area (TPSA) is 64.7 Å². The van der Waals surface area contributed by atoms with Gasteiger partial charge in [0.05, 0.1) is 30.0 Å². The van der Waals surface area contributed by atoms with Gasteiger partial charge in [0.25, 0.3) is 0 Å². The lowest BCUT2D eigenvalue weighted by Gasteiger charge is -2.12. The average molecular weight is 395 g/mol. The Balaban J connectivity index is 1.92. The van der Waals surface area contributed by atoms with Crippen LogP contribution in [0.25, 0.3) is 11.1 Å². The van der Waals surface area contributed by atoms with Crippen molar-refractivity contribution in [2.75, 3.05) is 6.61 Å². The summed E-state index contributed by atoms with van der Waals surface area (Å²) < 4.78 is 10.8. The third-order valence-electron chi connectivity index (χ3n) is 4.71. The van der Waals surface area contributed by atoms with E-state index in [1.54, 1.807) is 6.92 Å². The molecule has 0 bridgehead atoms. The van der Waals surface area contributed by atoms with E-state index in [0.717, 1.165) is 33.7 Å². The molecule has 0 spiro atoms. The highest BCUT2D eigenvalue weighted by molar-refractivity contribution is 6.30. The van der Waals surface area contributed by atoms with Gasteiger partial charge >= 0.3 is 5.97 Å². The lowest BCUT2D eigenvalue weighted by Crippen LogP contribution is -2.11. The Hall–Kier alpha value is -2.92. The number of aliphatic imine (C=N–C) groups is 1. The molecular formula is C22H19ClN2O3. The summed E-state index contributed by atoms with van der Waals surface area (Å²) in [6, 6.07) is 15.0. The first-order chi connectivity index (χ1) is 13.6. The van der Waals surface area contributed by atoms with Gasteiger partial charge in [0, 0.05) is 16.1 Å². The van der Waals surface area contributed by atoms with Crippen LogP contribution in [0.15, 0.2) is 58.0 Å². The number of halogens is 1. The Bertz CT molecular complexity index is 1050. The average Bonchev–Trinajstić information content (AvgIpc) is 3.01. The van der Waals surface area contributed by atoms with Crippen LogP contribution in [0.5, 0.6) is 0 Å². The summed E-state index contributed by atoms with van der Waals surface area (Å²) in [7, 11) is 0. The fraction of sp³-hybridized carbons (Fsp3) is 0.227. The van der Waals surface area contributed by atoms with E-state index in [0.29, 0.717) is 17.4 Å². The number of rotatable bonds is 4. The van der Waals surface area contributed by atoms with Crippen LogP contribution in [0.2, 0.25) is 5.02 Å². The van der Waals surface area contributed by atoms with Gasteiger partial charge in [0.2, 0.25) is 0 Å². The number of ether oxygens (including phenoxy) is 1. The van der Waals surface area contributed by atoms with E-state index in [9.17, 15) is 4.79 Å². The molecule has 1 aromatic heterocycles. The summed E-state index contributed by atoms with van der Waals surface area (Å²) in [6.07, 6.45) is 0.0839. The summed E-state index contributed by atoms with van der Waals surface area (Å²) >= 11 is 6.07. The third kappa shape index (κ3) is 3.34. The van der Waals surface area contributed by atoms with Crippen LogP contribution in [-0.2, 0) is 9.53 Å². The van der Waals surface area contributed by atoms with Gasteiger partial charge in [-0.15, -0.1) is 0 Å². The first-order valence-corrected chi connectivity index (χ1v) is 9.51. The van der Waals surface area contributed by atoms with Gasteiger partial charge in [-0.1, -0.05) is 53.2 Å². The number of hydrogen-bond acceptors (Lipinski definition) is 5. The Morgan fingerprint density at radius 1 is 1.14 bits per heavy atom. The molecular weight excluding hydrogens is 376 g/mol. The van der Waals surface area contributed by atoms with Crippen LogP contribution in [0.3, 0.4) is 0 Å². The highest BCUT2D eigenvalue weighted by Crippen LogP contribution is 2.40. The number of aromatic nitrogens is 1. The highest BCUT2D eigenvalue weighted by atomic mass is 35.5. The van der Waals surface area contributed by atoms with Crippen molar-refractivity contribution in [1.29, 1.82) is 0 Å². The molecule has 28 heavy (non-hydrogen) atoms. The molecule has 2 aromatic carbocycles. The zero-order valence-corrected chi connectivity index (χ0v) is 16.4. The van der Waals surface area contributed by atoms with Gasteiger partial charge in [0.1, 0.15) is 6.04 Å². The smallest absolute Gasteiger partial charge is 0.308 e. The molecule has 5 nitrogen and oxygen atoms in total. The molecule has 0 fully saturated rings. The van der Waals surface area contributed by atoms with Gasteiger partial charge < -0.3 is 9.26 Å². The first kappa shape index (κ1) is 18.4. The van der Waals surface area contributed by atoms with Gasteiger partial charge in [-0.2, -0.15) is 0 Å². The fourth-order valence-electron chi connectivity index (χ4n) is 3.49. The lowest BCUT2D eigenvalue weighted by atomic mass is 9.93. The van der Waals surface area contributed by atoms with Crippen LogP contribution in [0.4, 0.5) is 0 Å². The van der Waals surface area contributed by atoms with Crippen LogP contribution in [0.1, 0.15) is 42.0 Å². The van der Waals surface area contributed by atoms with Crippen LogP contribution < -0.4 is 0 Å². The molecule has 6 heteroatoms. The second-order valence-corrected chi connectivity index (χ2v) is 7.00. The van der Waals surface area contributed by atoms with E-state index in [1.165, 1.54) is 0 Å². The summed E-state index contributed by atoms with van der Waals surface area (Å²) in [5.41, 5.74) is 5.30. The standard InChI is InChI=1S/C22H19ClN2O3/c1-3-27-19(26)12-18-22-20(13(2)25-28-22)16-6-4-5-7-17(16)21(24-18)14-8-10-15(23)11-9-14/h4-11,18H,3,12H2,1-2H3/t18-/m0/s1. The van der Waals surface area contributed by atoms with Gasteiger partial charge in [0.15, 0.2) is 5.76 Å². The van der Waals surface area contributed by atoms with Crippen molar-refractivity contribution in [3.05, 3.63) is 76.1 Å². The van der Waals surface area contributed by atoms with Crippen molar-refractivity contribution in [3.8, 4) is 11.1 Å². The molecule has 142 valence electrons. The minimum Gasteiger partial charge on any atom is -0.466 e. The molecule has 0 saturated carbocycles. The molecule has 0 amide bonds. The van der Waals surface area contributed by atoms with Crippen LogP contribution in [0, 0.1) is 6.92 Å². The number of carbonyl (C=O) groups excluding carboxylic acids is 1. The lowest BCUT2D eigenvalue weighted by molar-refractivity contribution is -0.143. The number of aryl methyl sites for hydroxylation is 1. The van der Waals surface area contributed by atoms with Crippen molar-refractivity contribution in [3.63, 3.8) is 0 Å². The monoisotopic (exact) mass is 394 g/mol. The van der Waals surface area contributed by atoms with E-state index in [-0.39, 0.29) is 12.4 Å². The maximum Gasteiger partial charge on any atom is 0.308 e. The number of nitrogens with zero attached hydrogens (tertiary/aromatic N) is 2. The quantitative estimate of drug-likeness (QED) is 0.574. The molecule has 4 rings (SSSR count). The number of benzene rings is 2. The van der Waals surface area contributed by atoms with E-state index >= 15 is 0 Å². The Morgan fingerprint density at radius 3 is 2.57 bits per heavy atom. The second-order valence-electron chi connectivity index (χ2n) is 6.56. The fourth-order valence-corrected chi connectivity index (χ4v) is 3.61. The molecule has 3 aromatic rings. The maximum absolute atomic E-state index is 12.2. The molecule has 2 heterocycles. The normalized spacial score (nSPS) is 15.2. The SMILES string of the molecule is CCOC(=O)C[C@@H]1N=C(c2ccc(Cl)cc2)c2ccccc2-c2c(C)noc21. The zero-order valence-electron chi connectivity index (χ0n) is 15.6. The molecule has 0 unspecified atom stereocenters. The van der Waals surface area contributed by atoms with Crippen LogP contribution in [-0.4, -0.2) is 23.4 Å². The largest absolute Gasteiger partial charge is 0.466 e. The molecule has 1 aliphatic rings. The summed E-state index contributed by atoms with van der Waals surface area (Å²) in [4.78, 5) is 17.2. The number of esters is 1. The van der Waals surface area contributed by atoms with E-state index < -0.39 is 6.04 Å². The predicted molar refractivity (Wildman–Crippen MR) is 108 cm³/mol. The van der Waals surface area contributed by atoms with Gasteiger partial charge in [-0.3, -0.25) is 9.79 Å². The minimum absolute atomic E-state index is 0.0839. The van der Waals surface area contributed by atoms with E-state index in [4.69, 9.17) is 25.9 Å². The second kappa shape index (κ2) is 7.60. The minimum atomic E-state index is -0.520. The molecule has 0 aliphatic carbocycles. The van der Waals surface area contributed by atoms with Crippen molar-refractivity contribution >= 4 is 23.3 Å². The summed E-state index contributed by atoms with van der Waals surface area (Å²) in [6.45, 7) is 4.00. The van der Waals surface area contributed by atoms with Crippen LogP contribution >= 0.6 is 11.6 Å². The summed E-state index contributed by atoms with van der Waals surface area (Å²) in [5.74, 6) is 0.264. The molecule has 0 saturated heterocycles. The molecule has 1 aliphatic heterocycles. The van der Waals surface area contributed by atoms with Gasteiger partial charge in [-0.25, -0.2) is 0 Å². The molecule has 0 N–H and O–H groups in total. The van der Waals surface area contributed by atoms with E-state index in [2.05, 4.69) is 5.16 Å². The predicted octanol–water partition coefficient (Wildman–Crippen LogP) is 5.15. The van der Waals surface area contributed by atoms with Crippen molar-refractivity contribution in [2.45, 2.75) is 26.3 Å². The Morgan fingerprint density at radius 2 is 1.86 bits per heavy atom. The molecule has 0 radical (unpaired) electrons. The molecule has 1 atom stereocenters. The number of hydrogen-bond donors (Lipinski definition) is 0. The Kier molecular flexibility index (Phi) is 5.01. The number of carbonyl (C=O) groups is 1. The zero-order chi connectivity index (χ0) is 19.7. The van der Waals surface area contributed by atoms with Crippen molar-refractivity contribution < 1.29 is 14.1 Å². The van der Waals surface area contributed by atoms with E-state index in [1.807, 2.05) is 55.5 Å². The first-order valence-electron chi connectivity index (χ1n) is 9.13. The summed E-state index contributed by atoms with van der Waals surface area (Å²) in [5, 5.41) is 4.79.